The Balaban J connectivity index is 1.82. The third kappa shape index (κ3) is 5.60. The van der Waals surface area contributed by atoms with Crippen LogP contribution in [0.15, 0.2) is 48.5 Å². The number of benzene rings is 2. The van der Waals surface area contributed by atoms with Crippen molar-refractivity contribution in [3.63, 3.8) is 0 Å². The van der Waals surface area contributed by atoms with Gasteiger partial charge >= 0.3 is 5.97 Å². The van der Waals surface area contributed by atoms with Crippen LogP contribution in [-0.2, 0) is 9.53 Å². The van der Waals surface area contributed by atoms with E-state index in [1.807, 2.05) is 6.92 Å². The fourth-order valence-corrected chi connectivity index (χ4v) is 2.23. The monoisotopic (exact) mass is 375 g/mol. The van der Waals surface area contributed by atoms with E-state index in [9.17, 15) is 14.4 Å². The number of ketones is 1. The van der Waals surface area contributed by atoms with Gasteiger partial charge in [-0.05, 0) is 43.3 Å². The minimum atomic E-state index is -0.713. The highest BCUT2D eigenvalue weighted by Gasteiger charge is 2.14. The maximum atomic E-state index is 12.2. The van der Waals surface area contributed by atoms with E-state index in [2.05, 4.69) is 5.32 Å². The fraction of sp³-hybridized carbons (Fsp3) is 0.211. The van der Waals surface area contributed by atoms with E-state index >= 15 is 0 Å². The largest absolute Gasteiger partial charge is 0.493 e. The summed E-state index contributed by atoms with van der Waals surface area (Å²) in [6, 6.07) is 12.9. The maximum absolute atomic E-state index is 12.2. The summed E-state index contributed by atoms with van der Waals surface area (Å²) in [7, 11) is 0. The van der Waals surface area contributed by atoms with Crippen molar-refractivity contribution in [3.8, 4) is 5.75 Å². The van der Waals surface area contributed by atoms with Crippen molar-refractivity contribution >= 4 is 29.3 Å². The van der Waals surface area contributed by atoms with Gasteiger partial charge < -0.3 is 14.8 Å². The molecule has 1 amide bonds. The Bertz CT molecular complexity index is 789. The number of carbonyl (C=O) groups excluding carboxylic acids is 3. The Morgan fingerprint density at radius 3 is 2.42 bits per heavy atom. The molecule has 0 aliphatic heterocycles. The van der Waals surface area contributed by atoms with Gasteiger partial charge in [-0.25, -0.2) is 0 Å². The molecule has 7 heteroatoms. The quantitative estimate of drug-likeness (QED) is 0.566. The molecular formula is C19H18ClNO5. The van der Waals surface area contributed by atoms with Crippen molar-refractivity contribution in [1.82, 2.24) is 5.32 Å². The summed E-state index contributed by atoms with van der Waals surface area (Å²) in [6.45, 7) is 1.46. The van der Waals surface area contributed by atoms with Crippen molar-refractivity contribution in [3.05, 3.63) is 64.7 Å². The summed E-state index contributed by atoms with van der Waals surface area (Å²) in [5.74, 6) is -1.11. The van der Waals surface area contributed by atoms with Crippen LogP contribution >= 0.6 is 11.6 Å². The fourth-order valence-electron chi connectivity index (χ4n) is 2.10. The van der Waals surface area contributed by atoms with Gasteiger partial charge in [-0.2, -0.15) is 0 Å². The number of nitrogens with one attached hydrogen (secondary N) is 1. The first-order chi connectivity index (χ1) is 12.5. The Kier molecular flexibility index (Phi) is 7.17. The number of hydrogen-bond donors (Lipinski definition) is 1. The summed E-state index contributed by atoms with van der Waals surface area (Å²) in [5.41, 5.74) is 0.705. The van der Waals surface area contributed by atoms with Crippen molar-refractivity contribution in [2.45, 2.75) is 6.92 Å². The lowest BCUT2D eigenvalue weighted by Gasteiger charge is -2.10. The number of para-hydroxylation sites is 1. The Morgan fingerprint density at radius 1 is 1.04 bits per heavy atom. The number of esters is 1. The van der Waals surface area contributed by atoms with E-state index in [0.29, 0.717) is 28.5 Å². The topological polar surface area (TPSA) is 81.7 Å². The number of amides is 1. The normalized spacial score (nSPS) is 10.1. The number of carbonyl (C=O) groups is 3. The van der Waals surface area contributed by atoms with E-state index in [1.54, 1.807) is 48.5 Å². The third-order valence-electron chi connectivity index (χ3n) is 3.36. The number of ether oxygens (including phenoxy) is 2. The van der Waals surface area contributed by atoms with Crippen molar-refractivity contribution in [2.24, 2.45) is 0 Å². The molecule has 0 heterocycles. The maximum Gasteiger partial charge on any atom is 0.325 e. The molecule has 6 nitrogen and oxygen atoms in total. The number of Topliss-reactive ketones (excluding diaryl/α,β-unsaturated/α-hetero) is 1. The molecule has 0 aliphatic carbocycles. The number of halogens is 1. The molecule has 0 radical (unpaired) electrons. The first-order valence-corrected chi connectivity index (χ1v) is 8.33. The number of hydrogen-bond acceptors (Lipinski definition) is 5. The van der Waals surface area contributed by atoms with E-state index in [4.69, 9.17) is 21.1 Å². The van der Waals surface area contributed by atoms with Crippen LogP contribution in [0.5, 0.6) is 5.75 Å². The van der Waals surface area contributed by atoms with E-state index in [0.717, 1.165) is 0 Å². The molecule has 26 heavy (non-hydrogen) atoms. The lowest BCUT2D eigenvalue weighted by molar-refractivity contribution is -0.141. The van der Waals surface area contributed by atoms with Crippen LogP contribution in [-0.4, -0.2) is 37.4 Å². The van der Waals surface area contributed by atoms with Crippen molar-refractivity contribution in [1.29, 1.82) is 0 Å². The van der Waals surface area contributed by atoms with Crippen LogP contribution in [0.1, 0.15) is 27.6 Å². The summed E-state index contributed by atoms with van der Waals surface area (Å²) in [6.07, 6.45) is 0. The molecule has 0 aromatic heterocycles. The van der Waals surface area contributed by atoms with Gasteiger partial charge in [0, 0.05) is 10.6 Å². The zero-order valence-corrected chi connectivity index (χ0v) is 14.9. The zero-order chi connectivity index (χ0) is 18.9. The standard InChI is InChI=1S/C19H18ClNO5/c1-2-25-17-6-4-3-5-15(17)19(24)21-11-18(23)26-12-16(22)13-7-9-14(20)10-8-13/h3-10H,2,11-12H2,1H3,(H,21,24). The van der Waals surface area contributed by atoms with Crippen molar-refractivity contribution in [2.75, 3.05) is 19.8 Å². The predicted molar refractivity (Wildman–Crippen MR) is 96.7 cm³/mol. The highest BCUT2D eigenvalue weighted by molar-refractivity contribution is 6.30. The molecule has 0 saturated carbocycles. The molecule has 0 bridgehead atoms. The summed E-state index contributed by atoms with van der Waals surface area (Å²) in [5, 5.41) is 2.95. The van der Waals surface area contributed by atoms with Crippen LogP contribution < -0.4 is 10.1 Å². The second-order valence-electron chi connectivity index (χ2n) is 5.20. The van der Waals surface area contributed by atoms with Crippen LogP contribution in [0, 0.1) is 0 Å². The average molecular weight is 376 g/mol. The molecular weight excluding hydrogens is 358 g/mol. The molecule has 0 atom stereocenters. The van der Waals surface area contributed by atoms with Gasteiger partial charge in [0.15, 0.2) is 12.4 Å². The SMILES string of the molecule is CCOc1ccccc1C(=O)NCC(=O)OCC(=O)c1ccc(Cl)cc1. The van der Waals surface area contributed by atoms with Crippen molar-refractivity contribution < 1.29 is 23.9 Å². The van der Waals surface area contributed by atoms with Gasteiger partial charge in [0.2, 0.25) is 0 Å². The minimum Gasteiger partial charge on any atom is -0.493 e. The molecule has 1 N–H and O–H groups in total. The summed E-state index contributed by atoms with van der Waals surface area (Å²) < 4.78 is 10.3. The van der Waals surface area contributed by atoms with Gasteiger partial charge in [0.05, 0.1) is 12.2 Å². The van der Waals surface area contributed by atoms with Gasteiger partial charge in [0.1, 0.15) is 12.3 Å². The number of rotatable bonds is 8. The van der Waals surface area contributed by atoms with Crippen LogP contribution in [0.2, 0.25) is 5.02 Å². The Hall–Kier alpha value is -2.86. The minimum absolute atomic E-state index is 0.319. The van der Waals surface area contributed by atoms with Gasteiger partial charge in [-0.3, -0.25) is 14.4 Å². The van der Waals surface area contributed by atoms with Gasteiger partial charge in [-0.1, -0.05) is 23.7 Å². The first kappa shape index (κ1) is 19.5. The van der Waals surface area contributed by atoms with E-state index < -0.39 is 18.5 Å². The highest BCUT2D eigenvalue weighted by Crippen LogP contribution is 2.17. The zero-order valence-electron chi connectivity index (χ0n) is 14.2. The lowest BCUT2D eigenvalue weighted by Crippen LogP contribution is -2.31. The van der Waals surface area contributed by atoms with E-state index in [1.165, 1.54) is 0 Å². The molecule has 0 fully saturated rings. The first-order valence-electron chi connectivity index (χ1n) is 7.95. The molecule has 0 saturated heterocycles. The Labute approximate surface area is 156 Å². The second kappa shape index (κ2) is 9.58. The molecule has 0 aliphatic rings. The van der Waals surface area contributed by atoms with Crippen LogP contribution in [0.3, 0.4) is 0 Å². The average Bonchev–Trinajstić information content (AvgIpc) is 2.65. The summed E-state index contributed by atoms with van der Waals surface area (Å²) >= 11 is 5.75. The molecule has 0 unspecified atom stereocenters. The lowest BCUT2D eigenvalue weighted by atomic mass is 10.1. The van der Waals surface area contributed by atoms with Gasteiger partial charge in [-0.15, -0.1) is 0 Å². The molecule has 0 spiro atoms. The predicted octanol–water partition coefficient (Wildman–Crippen LogP) is 2.89. The molecule has 136 valence electrons. The van der Waals surface area contributed by atoms with Gasteiger partial charge in [0.25, 0.3) is 5.91 Å². The molecule has 2 aromatic rings. The van der Waals surface area contributed by atoms with Crippen LogP contribution in [0.25, 0.3) is 0 Å². The highest BCUT2D eigenvalue weighted by atomic mass is 35.5. The molecule has 2 rings (SSSR count). The summed E-state index contributed by atoms with van der Waals surface area (Å²) in [4.78, 5) is 35.8. The molecule has 2 aromatic carbocycles. The van der Waals surface area contributed by atoms with Crippen LogP contribution in [0.4, 0.5) is 0 Å². The Morgan fingerprint density at radius 2 is 1.73 bits per heavy atom. The van der Waals surface area contributed by atoms with E-state index in [-0.39, 0.29) is 12.3 Å². The smallest absolute Gasteiger partial charge is 0.325 e. The third-order valence-corrected chi connectivity index (χ3v) is 3.61. The second-order valence-corrected chi connectivity index (χ2v) is 5.64.